The lowest BCUT2D eigenvalue weighted by Gasteiger charge is -2.60. The second-order valence-corrected chi connectivity index (χ2v) is 19.7. The Morgan fingerprint density at radius 1 is 1.07 bits per heavy atom. The minimum Gasteiger partial charge on any atom is -0.450 e. The monoisotopic (exact) mass is 853 g/mol. The number of aliphatic hydroxyl groups is 1. The third kappa shape index (κ3) is 9.24. The summed E-state index contributed by atoms with van der Waals surface area (Å²) in [5.41, 5.74) is 3.38. The lowest BCUT2D eigenvalue weighted by atomic mass is 9.57. The topological polar surface area (TPSA) is 187 Å². The number of rotatable bonds is 13. The third-order valence-corrected chi connectivity index (χ3v) is 14.5. The van der Waals surface area contributed by atoms with Crippen LogP contribution in [-0.2, 0) is 44.9 Å². The fourth-order valence-corrected chi connectivity index (χ4v) is 10.9. The Bertz CT molecular complexity index is 1870. The Balaban J connectivity index is 0.844. The number of benzene rings is 1. The smallest absolute Gasteiger partial charge is 0.407 e. The highest BCUT2D eigenvalue weighted by Crippen LogP contribution is 2.60. The lowest BCUT2D eigenvalue weighted by Crippen LogP contribution is -2.70. The van der Waals surface area contributed by atoms with Gasteiger partial charge in [0.1, 0.15) is 12.1 Å². The van der Waals surface area contributed by atoms with Crippen molar-refractivity contribution in [3.05, 3.63) is 41.0 Å². The Labute approximate surface area is 356 Å². The number of fused-ring (bicyclic) bond motifs is 2. The molecule has 8 rings (SSSR count). The molecular weight excluding hydrogens is 791 g/mol. The van der Waals surface area contributed by atoms with Crippen LogP contribution in [0.5, 0.6) is 0 Å². The number of amides is 4. The van der Waals surface area contributed by atoms with E-state index >= 15 is 0 Å². The summed E-state index contributed by atoms with van der Waals surface area (Å²) in [6, 6.07) is 5.97. The molecule has 6 fully saturated rings. The lowest BCUT2D eigenvalue weighted by molar-refractivity contribution is -0.571. The number of β-amino-alcohol motifs (C(OH)–C–C–N with tert-alkyl or cyclic N) is 1. The highest BCUT2D eigenvalue weighted by atomic mass is 32.1. The van der Waals surface area contributed by atoms with Crippen LogP contribution < -0.4 is 16.0 Å². The molecule has 16 heteroatoms. The molecule has 4 amide bonds. The number of hydrogen-bond donors (Lipinski definition) is 4. The van der Waals surface area contributed by atoms with Gasteiger partial charge in [0.2, 0.25) is 23.5 Å². The number of thiazole rings is 1. The zero-order valence-electron chi connectivity index (χ0n) is 36.0. The largest absolute Gasteiger partial charge is 0.450 e. The average molecular weight is 854 g/mol. The number of carbonyl (C=O) groups excluding carboxylic acids is 4. The number of hydrogen-bond acceptors (Lipinski definition) is 12. The molecule has 6 aliphatic rings. The van der Waals surface area contributed by atoms with Gasteiger partial charge >= 0.3 is 6.09 Å². The molecule has 0 radical (unpaired) electrons. The first kappa shape index (κ1) is 44.4. The van der Waals surface area contributed by atoms with E-state index in [1.165, 1.54) is 4.90 Å². The molecule has 11 atom stereocenters. The van der Waals surface area contributed by atoms with Gasteiger partial charge < -0.3 is 40.2 Å². The Morgan fingerprint density at radius 2 is 1.83 bits per heavy atom. The fourth-order valence-electron chi connectivity index (χ4n) is 10.1. The van der Waals surface area contributed by atoms with Crippen molar-refractivity contribution in [2.45, 2.75) is 148 Å². The van der Waals surface area contributed by atoms with Gasteiger partial charge in [0.05, 0.1) is 34.9 Å². The van der Waals surface area contributed by atoms with E-state index in [-0.39, 0.29) is 62.9 Å². The molecule has 1 spiro atoms. The fraction of sp³-hybridized carbons (Fsp3) is 0.705. The van der Waals surface area contributed by atoms with Crippen molar-refractivity contribution in [2.24, 2.45) is 29.1 Å². The van der Waals surface area contributed by atoms with Gasteiger partial charge in [0.25, 0.3) is 0 Å². The number of nitrogens with zero attached hydrogens (tertiary/aromatic N) is 2. The maximum Gasteiger partial charge on any atom is 0.407 e. The van der Waals surface area contributed by atoms with E-state index in [1.54, 1.807) is 11.3 Å². The van der Waals surface area contributed by atoms with E-state index in [9.17, 15) is 24.3 Å². The standard InChI is InChI=1S/C44H63N5O10S/c1-25-10-15-32-26(2)34(56-40-44(32)31(25)16-18-43(7,57-40)58-59-44)9-8-20-55-41(54)45-19-17-35(51)48-37(42(4,5)6)39(53)49-23-30(50)21-33(49)38(52)46-22-28-11-13-29(14-12-28)36-27(3)47-24-60-36/h11-14,24-26,30-34,37,40,50H,8-10,15-23H2,1-7H3,(H,45,54)(H,46,52)(H,48,51). The summed E-state index contributed by atoms with van der Waals surface area (Å²) in [5.74, 6) is -0.892. The van der Waals surface area contributed by atoms with Crippen LogP contribution in [0.2, 0.25) is 0 Å². The van der Waals surface area contributed by atoms with E-state index < -0.39 is 59.2 Å². The molecule has 330 valence electrons. The first-order valence-corrected chi connectivity index (χ1v) is 22.5. The number of likely N-dealkylation sites (tertiary alicyclic amines) is 1. The van der Waals surface area contributed by atoms with E-state index in [1.807, 2.05) is 64.4 Å². The van der Waals surface area contributed by atoms with Crippen LogP contribution in [0.25, 0.3) is 10.4 Å². The summed E-state index contributed by atoms with van der Waals surface area (Å²) in [5, 5.41) is 19.0. The van der Waals surface area contributed by atoms with Gasteiger partial charge in [0.15, 0.2) is 11.9 Å². The third-order valence-electron chi connectivity index (χ3n) is 13.5. The summed E-state index contributed by atoms with van der Waals surface area (Å²) in [7, 11) is 0. The first-order valence-electron chi connectivity index (χ1n) is 21.6. The molecule has 6 heterocycles. The van der Waals surface area contributed by atoms with Crippen LogP contribution in [0.3, 0.4) is 0 Å². The van der Waals surface area contributed by atoms with Crippen molar-refractivity contribution in [3.8, 4) is 10.4 Å². The zero-order chi connectivity index (χ0) is 43.0. The van der Waals surface area contributed by atoms with Crippen molar-refractivity contribution < 1.29 is 48.3 Å². The Hall–Kier alpha value is -3.67. The number of nitrogens with one attached hydrogen (secondary N) is 3. The first-order chi connectivity index (χ1) is 28.5. The predicted octanol–water partition coefficient (Wildman–Crippen LogP) is 5.37. The number of aromatic nitrogens is 1. The van der Waals surface area contributed by atoms with E-state index in [4.69, 9.17) is 24.0 Å². The number of alkyl carbamates (subject to hydrolysis) is 1. The summed E-state index contributed by atoms with van der Waals surface area (Å²) in [4.78, 5) is 72.1. The second kappa shape index (κ2) is 18.0. The summed E-state index contributed by atoms with van der Waals surface area (Å²) in [6.45, 7) is 14.3. The van der Waals surface area contributed by atoms with E-state index in [2.05, 4.69) is 34.8 Å². The summed E-state index contributed by atoms with van der Waals surface area (Å²) in [6.07, 6.45) is 3.02. The molecule has 5 saturated heterocycles. The number of ether oxygens (including phenoxy) is 3. The SMILES string of the molecule is Cc1ncsc1-c1ccc(CNC(=O)C2CC(O)CN2C(=O)C(NC(=O)CCNC(=O)OCCCC2OC3OC4(C)CCC5C(C)CCC(C2C)C35OO4)C(C)(C)C)cc1. The molecule has 4 N–H and O–H groups in total. The Morgan fingerprint density at radius 3 is 2.55 bits per heavy atom. The predicted molar refractivity (Wildman–Crippen MR) is 222 cm³/mol. The zero-order valence-corrected chi connectivity index (χ0v) is 36.8. The van der Waals surface area contributed by atoms with Crippen LogP contribution >= 0.6 is 11.3 Å². The number of carbonyl (C=O) groups is 4. The number of aryl methyl sites for hydroxylation is 1. The van der Waals surface area contributed by atoms with E-state index in [0.717, 1.165) is 47.4 Å². The molecule has 15 nitrogen and oxygen atoms in total. The molecule has 1 saturated carbocycles. The van der Waals surface area contributed by atoms with E-state index in [0.29, 0.717) is 24.7 Å². The molecule has 1 aromatic carbocycles. The van der Waals surface area contributed by atoms with Gasteiger partial charge in [-0.3, -0.25) is 14.4 Å². The highest BCUT2D eigenvalue weighted by molar-refractivity contribution is 7.13. The molecular formula is C44H63N5O10S. The molecule has 11 unspecified atom stereocenters. The van der Waals surface area contributed by atoms with Gasteiger partial charge in [-0.05, 0) is 80.2 Å². The molecule has 2 aromatic rings. The molecule has 1 aliphatic carbocycles. The highest BCUT2D eigenvalue weighted by Gasteiger charge is 2.69. The normalized spacial score (nSPS) is 32.7. The second-order valence-electron chi connectivity index (χ2n) is 18.8. The van der Waals surface area contributed by atoms with Gasteiger partial charge in [-0.25, -0.2) is 19.6 Å². The van der Waals surface area contributed by atoms with Crippen LogP contribution in [0.15, 0.2) is 29.8 Å². The minimum absolute atomic E-state index is 0.0000393. The minimum atomic E-state index is -0.983. The molecule has 60 heavy (non-hydrogen) atoms. The molecule has 5 aliphatic heterocycles. The summed E-state index contributed by atoms with van der Waals surface area (Å²) < 4.78 is 18.5. The van der Waals surface area contributed by atoms with Gasteiger partial charge in [-0.15, -0.1) is 11.3 Å². The maximum atomic E-state index is 14.0. The van der Waals surface area contributed by atoms with Gasteiger partial charge in [-0.1, -0.05) is 58.9 Å². The van der Waals surface area contributed by atoms with Crippen molar-refractivity contribution in [1.82, 2.24) is 25.8 Å². The summed E-state index contributed by atoms with van der Waals surface area (Å²) >= 11 is 1.57. The van der Waals surface area contributed by atoms with Crippen LogP contribution in [-0.4, -0.2) is 100 Å². The van der Waals surface area contributed by atoms with Gasteiger partial charge in [-0.2, -0.15) is 0 Å². The molecule has 2 bridgehead atoms. The van der Waals surface area contributed by atoms with Crippen LogP contribution in [0.4, 0.5) is 4.79 Å². The Kier molecular flexibility index (Phi) is 13.3. The van der Waals surface area contributed by atoms with Crippen LogP contribution in [0, 0.1) is 36.0 Å². The average Bonchev–Trinajstić information content (AvgIpc) is 3.74. The van der Waals surface area contributed by atoms with Crippen molar-refractivity contribution in [3.63, 3.8) is 0 Å². The number of aliphatic hydroxyl groups excluding tert-OH is 1. The van der Waals surface area contributed by atoms with Crippen LogP contribution in [0.1, 0.15) is 104 Å². The molecule has 1 aromatic heterocycles. The quantitative estimate of drug-likeness (QED) is 0.150. The van der Waals surface area contributed by atoms with Crippen molar-refractivity contribution >= 4 is 35.2 Å². The van der Waals surface area contributed by atoms with Crippen molar-refractivity contribution in [1.29, 1.82) is 0 Å². The van der Waals surface area contributed by atoms with Gasteiger partial charge in [0, 0.05) is 44.8 Å². The maximum absolute atomic E-state index is 14.0. The van der Waals surface area contributed by atoms with Crippen molar-refractivity contribution in [2.75, 3.05) is 19.7 Å².